The molecule has 140 valence electrons. The van der Waals surface area contributed by atoms with Crippen molar-refractivity contribution in [3.8, 4) is 5.13 Å². The molecule has 1 amide bonds. The second-order valence-corrected chi connectivity index (χ2v) is 7.17. The van der Waals surface area contributed by atoms with Gasteiger partial charge >= 0.3 is 5.97 Å². The van der Waals surface area contributed by atoms with Gasteiger partial charge in [0.1, 0.15) is 5.69 Å². The normalized spacial score (nSPS) is 12.0. The minimum Gasteiger partial charge on any atom is -0.481 e. The number of nitrogens with one attached hydrogen (secondary N) is 1. The average Bonchev–Trinajstić information content (AvgIpc) is 3.20. The van der Waals surface area contributed by atoms with E-state index in [4.69, 9.17) is 0 Å². The molecule has 2 aromatic heterocycles. The van der Waals surface area contributed by atoms with Crippen molar-refractivity contribution in [2.24, 2.45) is 0 Å². The van der Waals surface area contributed by atoms with Gasteiger partial charge in [0, 0.05) is 11.1 Å². The van der Waals surface area contributed by atoms with Crippen LogP contribution >= 0.6 is 11.3 Å². The molecular formula is C19H20N4O3S. The summed E-state index contributed by atoms with van der Waals surface area (Å²) >= 11 is 1.31. The van der Waals surface area contributed by atoms with Gasteiger partial charge in [0.15, 0.2) is 0 Å². The minimum atomic E-state index is -0.981. The van der Waals surface area contributed by atoms with E-state index >= 15 is 0 Å². The van der Waals surface area contributed by atoms with Crippen LogP contribution in [0.1, 0.15) is 45.5 Å². The second-order valence-electron chi connectivity index (χ2n) is 6.33. The molecule has 0 aliphatic carbocycles. The lowest BCUT2D eigenvalue weighted by molar-refractivity contribution is -0.137. The summed E-state index contributed by atoms with van der Waals surface area (Å²) in [5.74, 6) is -1.39. The molecule has 0 bridgehead atoms. The van der Waals surface area contributed by atoms with Crippen LogP contribution in [0.3, 0.4) is 0 Å². The monoisotopic (exact) mass is 384 g/mol. The molecule has 0 fully saturated rings. The van der Waals surface area contributed by atoms with E-state index in [-0.39, 0.29) is 12.1 Å². The van der Waals surface area contributed by atoms with Crippen LogP contribution in [0.2, 0.25) is 0 Å². The highest BCUT2D eigenvalue weighted by Crippen LogP contribution is 2.22. The van der Waals surface area contributed by atoms with Crippen molar-refractivity contribution >= 4 is 23.2 Å². The van der Waals surface area contributed by atoms with Crippen molar-refractivity contribution in [2.75, 3.05) is 0 Å². The van der Waals surface area contributed by atoms with Gasteiger partial charge in [-0.15, -0.1) is 11.3 Å². The van der Waals surface area contributed by atoms with Gasteiger partial charge < -0.3 is 10.4 Å². The van der Waals surface area contributed by atoms with Crippen LogP contribution in [0, 0.1) is 20.8 Å². The molecule has 8 heteroatoms. The molecule has 0 aliphatic heterocycles. The van der Waals surface area contributed by atoms with Crippen molar-refractivity contribution < 1.29 is 14.7 Å². The number of carboxylic acid groups (broad SMARTS) is 1. The molecule has 1 atom stereocenters. The number of carbonyl (C=O) groups is 2. The molecule has 2 heterocycles. The Balaban J connectivity index is 1.83. The maximum absolute atomic E-state index is 12.7. The van der Waals surface area contributed by atoms with Gasteiger partial charge in [-0.3, -0.25) is 9.59 Å². The highest BCUT2D eigenvalue weighted by molar-refractivity contribution is 7.12. The number of amides is 1. The Morgan fingerprint density at radius 1 is 1.26 bits per heavy atom. The Kier molecular flexibility index (Phi) is 5.36. The number of thiazole rings is 1. The summed E-state index contributed by atoms with van der Waals surface area (Å²) in [7, 11) is 0. The smallest absolute Gasteiger partial charge is 0.305 e. The number of carbonyl (C=O) groups excluding carboxylic acids is 1. The molecular weight excluding hydrogens is 364 g/mol. The minimum absolute atomic E-state index is 0.203. The summed E-state index contributed by atoms with van der Waals surface area (Å²) < 4.78 is 1.69. The predicted molar refractivity (Wildman–Crippen MR) is 102 cm³/mol. The molecule has 0 aliphatic rings. The maximum atomic E-state index is 12.7. The molecule has 0 spiro atoms. The van der Waals surface area contributed by atoms with Crippen LogP contribution in [-0.4, -0.2) is 31.7 Å². The first-order valence-electron chi connectivity index (χ1n) is 8.42. The standard InChI is InChI=1S/C19H20N4O3S/c1-11-6-4-5-7-14(11)15(9-17(24)25)20-18(26)16-10-27-19(21-16)23-13(3)8-12(2)22-23/h4-8,10,15H,9H2,1-3H3,(H,20,26)(H,24,25)/t15-/m0/s1. The van der Waals surface area contributed by atoms with Crippen LogP contribution in [0.15, 0.2) is 35.7 Å². The van der Waals surface area contributed by atoms with Gasteiger partial charge in [-0.1, -0.05) is 24.3 Å². The van der Waals surface area contributed by atoms with Crippen molar-refractivity contribution in [3.63, 3.8) is 0 Å². The van der Waals surface area contributed by atoms with E-state index in [1.807, 2.05) is 51.1 Å². The molecule has 3 aromatic rings. The van der Waals surface area contributed by atoms with Gasteiger partial charge in [-0.2, -0.15) is 5.10 Å². The maximum Gasteiger partial charge on any atom is 0.305 e. The number of aliphatic carboxylic acids is 1. The van der Waals surface area contributed by atoms with Gasteiger partial charge in [0.25, 0.3) is 5.91 Å². The lowest BCUT2D eigenvalue weighted by Gasteiger charge is -2.18. The zero-order valence-corrected chi connectivity index (χ0v) is 16.1. The number of hydrogen-bond donors (Lipinski definition) is 2. The number of rotatable bonds is 6. The SMILES string of the molecule is Cc1cc(C)n(-c2nc(C(=O)N[C@@H](CC(=O)O)c3ccccc3C)cs2)n1. The third-order valence-corrected chi connectivity index (χ3v) is 4.98. The second kappa shape index (κ2) is 7.71. The van der Waals surface area contributed by atoms with Crippen molar-refractivity contribution in [1.82, 2.24) is 20.1 Å². The fourth-order valence-corrected chi connectivity index (χ4v) is 3.72. The summed E-state index contributed by atoms with van der Waals surface area (Å²) in [5, 5.41) is 18.6. The Morgan fingerprint density at radius 3 is 2.63 bits per heavy atom. The van der Waals surface area contributed by atoms with Crippen molar-refractivity contribution in [2.45, 2.75) is 33.2 Å². The quantitative estimate of drug-likeness (QED) is 0.680. The van der Waals surface area contributed by atoms with E-state index in [1.54, 1.807) is 10.1 Å². The molecule has 0 radical (unpaired) electrons. The zero-order chi connectivity index (χ0) is 19.6. The molecule has 27 heavy (non-hydrogen) atoms. The van der Waals surface area contributed by atoms with Gasteiger partial charge in [0.2, 0.25) is 5.13 Å². The molecule has 7 nitrogen and oxygen atoms in total. The van der Waals surface area contributed by atoms with E-state index in [1.165, 1.54) is 11.3 Å². The molecule has 0 unspecified atom stereocenters. The number of nitrogens with zero attached hydrogens (tertiary/aromatic N) is 3. The number of aromatic nitrogens is 3. The third-order valence-electron chi connectivity index (χ3n) is 4.16. The number of hydrogen-bond acceptors (Lipinski definition) is 5. The van der Waals surface area contributed by atoms with Crippen LogP contribution in [0.4, 0.5) is 0 Å². The lowest BCUT2D eigenvalue weighted by Crippen LogP contribution is -2.31. The summed E-state index contributed by atoms with van der Waals surface area (Å²) in [6.45, 7) is 5.70. The lowest BCUT2D eigenvalue weighted by atomic mass is 9.98. The van der Waals surface area contributed by atoms with Crippen LogP contribution in [0.25, 0.3) is 5.13 Å². The fraction of sp³-hybridized carbons (Fsp3) is 0.263. The molecule has 3 rings (SSSR count). The topological polar surface area (TPSA) is 97.1 Å². The number of benzene rings is 1. The Morgan fingerprint density at radius 2 is 2.00 bits per heavy atom. The summed E-state index contributed by atoms with van der Waals surface area (Å²) in [4.78, 5) is 28.3. The first-order valence-corrected chi connectivity index (χ1v) is 9.30. The molecule has 0 saturated carbocycles. The first-order chi connectivity index (χ1) is 12.8. The summed E-state index contributed by atoms with van der Waals surface area (Å²) in [5.41, 5.74) is 3.74. The van der Waals surface area contributed by atoms with E-state index < -0.39 is 17.9 Å². The highest BCUT2D eigenvalue weighted by Gasteiger charge is 2.22. The number of carboxylic acids is 1. The van der Waals surface area contributed by atoms with Crippen molar-refractivity contribution in [1.29, 1.82) is 0 Å². The highest BCUT2D eigenvalue weighted by atomic mass is 32.1. The number of aryl methyl sites for hydroxylation is 3. The van der Waals surface area contributed by atoms with Crippen LogP contribution in [-0.2, 0) is 4.79 Å². The first kappa shape index (κ1) is 18.8. The summed E-state index contributed by atoms with van der Waals surface area (Å²) in [6.07, 6.45) is -0.203. The van der Waals surface area contributed by atoms with Gasteiger partial charge in [-0.25, -0.2) is 9.67 Å². The predicted octanol–water partition coefficient (Wildman–Crippen LogP) is 3.20. The van der Waals surface area contributed by atoms with Gasteiger partial charge in [-0.05, 0) is 38.0 Å². The zero-order valence-electron chi connectivity index (χ0n) is 15.3. The van der Waals surface area contributed by atoms with Crippen molar-refractivity contribution in [3.05, 3.63) is 63.9 Å². The van der Waals surface area contributed by atoms with Crippen LogP contribution in [0.5, 0.6) is 0 Å². The van der Waals surface area contributed by atoms with Gasteiger partial charge in [0.05, 0.1) is 18.2 Å². The van der Waals surface area contributed by atoms with E-state index in [9.17, 15) is 14.7 Å². The Bertz CT molecular complexity index is 993. The average molecular weight is 384 g/mol. The fourth-order valence-electron chi connectivity index (χ4n) is 2.91. The Hall–Kier alpha value is -3.00. The molecule has 0 saturated heterocycles. The summed E-state index contributed by atoms with van der Waals surface area (Å²) in [6, 6.07) is 8.72. The molecule has 1 aromatic carbocycles. The van der Waals surface area contributed by atoms with E-state index in [0.717, 1.165) is 22.5 Å². The van der Waals surface area contributed by atoms with E-state index in [0.29, 0.717) is 5.13 Å². The third kappa shape index (κ3) is 4.22. The Labute approximate surface area is 160 Å². The largest absolute Gasteiger partial charge is 0.481 e. The van der Waals surface area contributed by atoms with Crippen LogP contribution < -0.4 is 5.32 Å². The molecule has 2 N–H and O–H groups in total. The van der Waals surface area contributed by atoms with E-state index in [2.05, 4.69) is 15.4 Å².